The number of fused-ring (bicyclic) bond motifs is 1. The molecule has 1 amide bonds. The molecule has 1 heterocycles. The maximum absolute atomic E-state index is 11.4. The molecule has 0 spiro atoms. The summed E-state index contributed by atoms with van der Waals surface area (Å²) in [5.41, 5.74) is 3.34. The number of rotatable bonds is 4. The van der Waals surface area contributed by atoms with Crippen LogP contribution in [-0.2, 0) is 4.79 Å². The van der Waals surface area contributed by atoms with Gasteiger partial charge in [0, 0.05) is 6.42 Å². The number of ether oxygens (including phenoxy) is 2. The predicted molar refractivity (Wildman–Crippen MR) is 67.8 cm³/mol. The lowest BCUT2D eigenvalue weighted by molar-refractivity contribution is -0.121. The highest BCUT2D eigenvalue weighted by atomic mass is 16.7. The summed E-state index contributed by atoms with van der Waals surface area (Å²) in [6, 6.07) is 5.49. The van der Waals surface area contributed by atoms with E-state index < -0.39 is 0 Å². The molecule has 0 saturated heterocycles. The van der Waals surface area contributed by atoms with Crippen molar-refractivity contribution in [2.45, 2.75) is 20.3 Å². The molecule has 1 aromatic rings. The van der Waals surface area contributed by atoms with Crippen molar-refractivity contribution in [2.75, 3.05) is 6.79 Å². The SMILES string of the molecule is CC(C)CC(=O)N/N=C/c1ccc2c(c1)OCO2. The van der Waals surface area contributed by atoms with E-state index >= 15 is 0 Å². The van der Waals surface area contributed by atoms with Gasteiger partial charge in [0.25, 0.3) is 0 Å². The zero-order chi connectivity index (χ0) is 13.0. The summed E-state index contributed by atoms with van der Waals surface area (Å²) in [4.78, 5) is 11.4. The van der Waals surface area contributed by atoms with E-state index in [2.05, 4.69) is 10.5 Å². The molecule has 0 atom stereocenters. The van der Waals surface area contributed by atoms with E-state index in [0.717, 1.165) is 11.3 Å². The Morgan fingerprint density at radius 2 is 2.22 bits per heavy atom. The number of nitrogens with one attached hydrogen (secondary N) is 1. The minimum atomic E-state index is -0.0815. The monoisotopic (exact) mass is 248 g/mol. The van der Waals surface area contributed by atoms with Gasteiger partial charge < -0.3 is 9.47 Å². The smallest absolute Gasteiger partial charge is 0.240 e. The molecule has 0 bridgehead atoms. The van der Waals surface area contributed by atoms with Crippen LogP contribution < -0.4 is 14.9 Å². The molecule has 0 saturated carbocycles. The first-order valence-electron chi connectivity index (χ1n) is 5.86. The van der Waals surface area contributed by atoms with Crippen molar-refractivity contribution in [1.82, 2.24) is 5.43 Å². The van der Waals surface area contributed by atoms with Gasteiger partial charge in [0.15, 0.2) is 11.5 Å². The lowest BCUT2D eigenvalue weighted by Gasteiger charge is -2.02. The quantitative estimate of drug-likeness (QED) is 0.654. The van der Waals surface area contributed by atoms with Crippen LogP contribution in [0.4, 0.5) is 0 Å². The minimum absolute atomic E-state index is 0.0815. The zero-order valence-electron chi connectivity index (χ0n) is 10.5. The van der Waals surface area contributed by atoms with Gasteiger partial charge in [-0.1, -0.05) is 13.8 Å². The molecule has 1 N–H and O–H groups in total. The second-order valence-corrected chi connectivity index (χ2v) is 4.50. The Morgan fingerprint density at radius 3 is 3.00 bits per heavy atom. The van der Waals surface area contributed by atoms with E-state index in [0.29, 0.717) is 18.1 Å². The van der Waals surface area contributed by atoms with Gasteiger partial charge in [-0.15, -0.1) is 0 Å². The number of carbonyl (C=O) groups excluding carboxylic acids is 1. The molecule has 0 fully saturated rings. The Hall–Kier alpha value is -2.04. The van der Waals surface area contributed by atoms with E-state index in [9.17, 15) is 4.79 Å². The first-order valence-corrected chi connectivity index (χ1v) is 5.86. The molecule has 1 aliphatic heterocycles. The predicted octanol–water partition coefficient (Wildman–Crippen LogP) is 1.91. The van der Waals surface area contributed by atoms with E-state index in [-0.39, 0.29) is 12.7 Å². The molecule has 1 aromatic carbocycles. The van der Waals surface area contributed by atoms with Crippen LogP contribution in [0.25, 0.3) is 0 Å². The number of benzene rings is 1. The van der Waals surface area contributed by atoms with Crippen molar-refractivity contribution in [3.63, 3.8) is 0 Å². The Bertz CT molecular complexity index is 469. The van der Waals surface area contributed by atoms with Crippen LogP contribution in [0.2, 0.25) is 0 Å². The van der Waals surface area contributed by atoms with Gasteiger partial charge in [-0.25, -0.2) is 5.43 Å². The standard InChI is InChI=1S/C13H16N2O3/c1-9(2)5-13(16)15-14-7-10-3-4-11-12(6-10)18-8-17-11/h3-4,6-7,9H,5,8H2,1-2H3,(H,15,16)/b14-7+. The molecule has 0 radical (unpaired) electrons. The summed E-state index contributed by atoms with van der Waals surface area (Å²) < 4.78 is 10.5. The highest BCUT2D eigenvalue weighted by Crippen LogP contribution is 2.31. The number of hydrogen-bond donors (Lipinski definition) is 1. The molecule has 5 heteroatoms. The third-order valence-corrected chi connectivity index (χ3v) is 2.39. The molecule has 0 unspecified atom stereocenters. The average Bonchev–Trinajstić information content (AvgIpc) is 2.75. The van der Waals surface area contributed by atoms with E-state index in [1.54, 1.807) is 6.21 Å². The van der Waals surface area contributed by atoms with Gasteiger partial charge >= 0.3 is 0 Å². The number of hydrogen-bond acceptors (Lipinski definition) is 4. The summed E-state index contributed by atoms with van der Waals surface area (Å²) in [6.45, 7) is 4.23. The highest BCUT2D eigenvalue weighted by molar-refractivity contribution is 5.83. The molecule has 5 nitrogen and oxygen atoms in total. The van der Waals surface area contributed by atoms with Gasteiger partial charge in [-0.05, 0) is 29.7 Å². The second kappa shape index (κ2) is 5.53. The number of hydrazone groups is 1. The van der Waals surface area contributed by atoms with Crippen LogP contribution in [0.5, 0.6) is 11.5 Å². The maximum atomic E-state index is 11.4. The topological polar surface area (TPSA) is 59.9 Å². The van der Waals surface area contributed by atoms with Gasteiger partial charge in [0.1, 0.15) is 0 Å². The first kappa shape index (κ1) is 12.4. The van der Waals surface area contributed by atoms with Crippen molar-refractivity contribution in [1.29, 1.82) is 0 Å². The Morgan fingerprint density at radius 1 is 1.44 bits per heavy atom. The maximum Gasteiger partial charge on any atom is 0.240 e. The summed E-state index contributed by atoms with van der Waals surface area (Å²) in [5.74, 6) is 1.68. The Labute approximate surface area is 106 Å². The fourth-order valence-electron chi connectivity index (χ4n) is 1.59. The molecule has 0 aromatic heterocycles. The zero-order valence-corrected chi connectivity index (χ0v) is 10.5. The van der Waals surface area contributed by atoms with Gasteiger partial charge in [-0.3, -0.25) is 4.79 Å². The molecule has 18 heavy (non-hydrogen) atoms. The average molecular weight is 248 g/mol. The van der Waals surface area contributed by atoms with Crippen molar-refractivity contribution in [3.8, 4) is 11.5 Å². The third-order valence-electron chi connectivity index (χ3n) is 2.39. The third kappa shape index (κ3) is 3.23. The van der Waals surface area contributed by atoms with Crippen molar-refractivity contribution in [2.24, 2.45) is 11.0 Å². The van der Waals surface area contributed by atoms with Gasteiger partial charge in [0.05, 0.1) is 6.21 Å². The van der Waals surface area contributed by atoms with E-state index in [1.807, 2.05) is 32.0 Å². The van der Waals surface area contributed by atoms with Crippen LogP contribution in [-0.4, -0.2) is 18.9 Å². The normalized spacial score (nSPS) is 13.3. The molecule has 96 valence electrons. The molecule has 1 aliphatic rings. The summed E-state index contributed by atoms with van der Waals surface area (Å²) in [6.07, 6.45) is 2.05. The lowest BCUT2D eigenvalue weighted by Crippen LogP contribution is -2.19. The van der Waals surface area contributed by atoms with Crippen LogP contribution in [0.15, 0.2) is 23.3 Å². The van der Waals surface area contributed by atoms with Crippen LogP contribution in [0.3, 0.4) is 0 Å². The Balaban J connectivity index is 1.91. The number of carbonyl (C=O) groups is 1. The molecule has 2 rings (SSSR count). The number of amides is 1. The van der Waals surface area contributed by atoms with Crippen LogP contribution in [0.1, 0.15) is 25.8 Å². The lowest BCUT2D eigenvalue weighted by atomic mass is 10.1. The van der Waals surface area contributed by atoms with Crippen molar-refractivity contribution < 1.29 is 14.3 Å². The minimum Gasteiger partial charge on any atom is -0.454 e. The van der Waals surface area contributed by atoms with Gasteiger partial charge in [0.2, 0.25) is 12.7 Å². The van der Waals surface area contributed by atoms with Crippen molar-refractivity contribution in [3.05, 3.63) is 23.8 Å². The van der Waals surface area contributed by atoms with Crippen LogP contribution >= 0.6 is 0 Å². The molecular formula is C13H16N2O3. The highest BCUT2D eigenvalue weighted by Gasteiger charge is 2.12. The fraction of sp³-hybridized carbons (Fsp3) is 0.385. The summed E-state index contributed by atoms with van der Waals surface area (Å²) in [5, 5.41) is 3.90. The summed E-state index contributed by atoms with van der Waals surface area (Å²) in [7, 11) is 0. The Kier molecular flexibility index (Phi) is 3.82. The van der Waals surface area contributed by atoms with E-state index in [4.69, 9.17) is 9.47 Å². The van der Waals surface area contributed by atoms with Crippen molar-refractivity contribution >= 4 is 12.1 Å². The molecule has 0 aliphatic carbocycles. The molecular weight excluding hydrogens is 232 g/mol. The second-order valence-electron chi connectivity index (χ2n) is 4.50. The fourth-order valence-corrected chi connectivity index (χ4v) is 1.59. The largest absolute Gasteiger partial charge is 0.454 e. The van der Waals surface area contributed by atoms with Gasteiger partial charge in [-0.2, -0.15) is 5.10 Å². The number of nitrogens with zero attached hydrogens (tertiary/aromatic N) is 1. The summed E-state index contributed by atoms with van der Waals surface area (Å²) >= 11 is 0. The first-order chi connectivity index (χ1) is 8.65. The van der Waals surface area contributed by atoms with E-state index in [1.165, 1.54) is 0 Å². The van der Waals surface area contributed by atoms with Crippen LogP contribution in [0, 0.1) is 5.92 Å².